The van der Waals surface area contributed by atoms with Gasteiger partial charge >= 0.3 is 11.9 Å². The smallest absolute Gasteiger partial charge is 0.324 e. The quantitative estimate of drug-likeness (QED) is 0.444. The summed E-state index contributed by atoms with van der Waals surface area (Å²) in [4.78, 5) is 29.0. The van der Waals surface area contributed by atoms with Crippen LogP contribution in [0.2, 0.25) is 0 Å². The van der Waals surface area contributed by atoms with Gasteiger partial charge in [-0.15, -0.1) is 0 Å². The summed E-state index contributed by atoms with van der Waals surface area (Å²) in [5, 5.41) is 0.744. The highest BCUT2D eigenvalue weighted by atomic mass is 16.6. The van der Waals surface area contributed by atoms with E-state index in [1.807, 2.05) is 30.3 Å². The Morgan fingerprint density at radius 3 is 2.13 bits per heavy atom. The van der Waals surface area contributed by atoms with Crippen LogP contribution in [-0.2, 0) is 19.1 Å². The van der Waals surface area contributed by atoms with Crippen LogP contribution in [0.5, 0.6) is 11.5 Å². The van der Waals surface area contributed by atoms with Gasteiger partial charge < -0.3 is 23.9 Å². The Morgan fingerprint density at radius 1 is 0.900 bits per heavy atom. The first-order valence-corrected chi connectivity index (χ1v) is 9.71. The van der Waals surface area contributed by atoms with Gasteiger partial charge in [0.25, 0.3) is 0 Å². The molecule has 0 saturated heterocycles. The second-order valence-corrected chi connectivity index (χ2v) is 6.47. The lowest BCUT2D eigenvalue weighted by Gasteiger charge is -2.17. The summed E-state index contributed by atoms with van der Waals surface area (Å²) < 4.78 is 21.2. The topological polar surface area (TPSA) is 86.9 Å². The van der Waals surface area contributed by atoms with E-state index in [2.05, 4.69) is 4.98 Å². The van der Waals surface area contributed by atoms with Crippen molar-refractivity contribution >= 4 is 22.8 Å². The van der Waals surface area contributed by atoms with Gasteiger partial charge in [-0.05, 0) is 38.1 Å². The molecule has 0 unspecified atom stereocenters. The SMILES string of the molecule is CCOC(=O)C(C(=O)OCC)c1c(-c2ccc(OC)c(OC)c2)[nH]c2ccccc12. The lowest BCUT2D eigenvalue weighted by atomic mass is 9.93. The average Bonchev–Trinajstić information content (AvgIpc) is 3.13. The molecule has 0 aliphatic rings. The molecule has 1 aromatic heterocycles. The van der Waals surface area contributed by atoms with E-state index in [1.54, 1.807) is 40.2 Å². The Bertz CT molecular complexity index is 1040. The van der Waals surface area contributed by atoms with Crippen LogP contribution in [0.1, 0.15) is 25.3 Å². The maximum absolute atomic E-state index is 12.8. The van der Waals surface area contributed by atoms with Crippen LogP contribution in [0, 0.1) is 0 Å². The van der Waals surface area contributed by atoms with Crippen molar-refractivity contribution in [2.45, 2.75) is 19.8 Å². The van der Waals surface area contributed by atoms with E-state index in [0.29, 0.717) is 22.8 Å². The first-order valence-electron chi connectivity index (χ1n) is 9.71. The molecule has 3 rings (SSSR count). The average molecular weight is 411 g/mol. The first-order chi connectivity index (χ1) is 14.5. The summed E-state index contributed by atoms with van der Waals surface area (Å²) in [7, 11) is 3.11. The number of aromatic amines is 1. The zero-order valence-electron chi connectivity index (χ0n) is 17.5. The zero-order chi connectivity index (χ0) is 21.7. The second kappa shape index (κ2) is 9.35. The fourth-order valence-electron chi connectivity index (χ4n) is 3.47. The van der Waals surface area contributed by atoms with Gasteiger partial charge in [-0.2, -0.15) is 0 Å². The standard InChI is InChI=1S/C23H25NO6/c1-5-29-22(25)20(23(26)30-6-2)19-15-9-7-8-10-16(15)24-21(19)14-11-12-17(27-3)18(13-14)28-4/h7-13,20,24H,5-6H2,1-4H3. The summed E-state index contributed by atoms with van der Waals surface area (Å²) >= 11 is 0. The molecule has 7 heteroatoms. The van der Waals surface area contributed by atoms with E-state index in [1.165, 1.54) is 0 Å². The fourth-order valence-corrected chi connectivity index (χ4v) is 3.47. The Hall–Kier alpha value is -3.48. The minimum atomic E-state index is -1.22. The normalized spacial score (nSPS) is 10.8. The molecular weight excluding hydrogens is 386 g/mol. The van der Waals surface area contributed by atoms with Gasteiger partial charge in [0, 0.05) is 22.0 Å². The van der Waals surface area contributed by atoms with E-state index in [-0.39, 0.29) is 13.2 Å². The molecule has 0 atom stereocenters. The van der Waals surface area contributed by atoms with Crippen molar-refractivity contribution < 1.29 is 28.5 Å². The molecule has 30 heavy (non-hydrogen) atoms. The number of H-pyrrole nitrogens is 1. The van der Waals surface area contributed by atoms with Crippen molar-refractivity contribution in [3.63, 3.8) is 0 Å². The molecule has 0 aliphatic heterocycles. The maximum Gasteiger partial charge on any atom is 0.324 e. The minimum Gasteiger partial charge on any atom is -0.493 e. The van der Waals surface area contributed by atoms with Gasteiger partial charge in [0.1, 0.15) is 0 Å². The number of hydrogen-bond donors (Lipinski definition) is 1. The lowest BCUT2D eigenvalue weighted by Crippen LogP contribution is -2.26. The summed E-state index contributed by atoms with van der Waals surface area (Å²) in [6.45, 7) is 3.71. The number of esters is 2. The predicted molar refractivity (Wildman–Crippen MR) is 113 cm³/mol. The lowest BCUT2D eigenvalue weighted by molar-refractivity contribution is -0.156. The molecule has 158 valence electrons. The highest BCUT2D eigenvalue weighted by molar-refractivity contribution is 6.07. The molecule has 0 spiro atoms. The number of methoxy groups -OCH3 is 2. The van der Waals surface area contributed by atoms with Gasteiger partial charge in [-0.1, -0.05) is 18.2 Å². The van der Waals surface area contributed by atoms with E-state index >= 15 is 0 Å². The Morgan fingerprint density at radius 2 is 1.53 bits per heavy atom. The monoisotopic (exact) mass is 411 g/mol. The Kier molecular flexibility index (Phi) is 6.61. The van der Waals surface area contributed by atoms with Crippen molar-refractivity contribution in [2.75, 3.05) is 27.4 Å². The molecule has 1 heterocycles. The molecule has 0 aliphatic carbocycles. The Labute approximate surface area is 174 Å². The van der Waals surface area contributed by atoms with Crippen LogP contribution in [0.3, 0.4) is 0 Å². The van der Waals surface area contributed by atoms with Gasteiger partial charge in [0.05, 0.1) is 33.1 Å². The molecule has 7 nitrogen and oxygen atoms in total. The van der Waals surface area contributed by atoms with Gasteiger partial charge in [0.2, 0.25) is 0 Å². The molecule has 2 aromatic carbocycles. The van der Waals surface area contributed by atoms with Crippen LogP contribution in [0.25, 0.3) is 22.2 Å². The molecule has 1 N–H and O–H groups in total. The predicted octanol–water partition coefficient (Wildman–Crippen LogP) is 4.06. The number of aromatic nitrogens is 1. The molecular formula is C23H25NO6. The molecule has 0 amide bonds. The fraction of sp³-hybridized carbons (Fsp3) is 0.304. The third-order valence-corrected chi connectivity index (χ3v) is 4.75. The van der Waals surface area contributed by atoms with Crippen LogP contribution in [0.15, 0.2) is 42.5 Å². The third-order valence-electron chi connectivity index (χ3n) is 4.75. The van der Waals surface area contributed by atoms with Crippen molar-refractivity contribution in [1.82, 2.24) is 4.98 Å². The van der Waals surface area contributed by atoms with Crippen molar-refractivity contribution in [1.29, 1.82) is 0 Å². The Balaban J connectivity index is 2.27. The van der Waals surface area contributed by atoms with Crippen LogP contribution in [-0.4, -0.2) is 44.4 Å². The van der Waals surface area contributed by atoms with Crippen molar-refractivity contribution in [3.05, 3.63) is 48.0 Å². The third kappa shape index (κ3) is 3.96. The minimum absolute atomic E-state index is 0.156. The number of ether oxygens (including phenoxy) is 4. The highest BCUT2D eigenvalue weighted by Crippen LogP contribution is 2.40. The number of benzene rings is 2. The molecule has 3 aromatic rings. The number of para-hydroxylation sites is 1. The number of nitrogens with one attached hydrogen (secondary N) is 1. The molecule has 0 fully saturated rings. The number of carbonyl (C=O) groups is 2. The van der Waals surface area contributed by atoms with Gasteiger partial charge in [-0.3, -0.25) is 9.59 Å². The highest BCUT2D eigenvalue weighted by Gasteiger charge is 2.36. The van der Waals surface area contributed by atoms with E-state index in [4.69, 9.17) is 18.9 Å². The largest absolute Gasteiger partial charge is 0.493 e. The number of fused-ring (bicyclic) bond motifs is 1. The zero-order valence-corrected chi connectivity index (χ0v) is 17.5. The molecule has 0 saturated carbocycles. The van der Waals surface area contributed by atoms with Crippen molar-refractivity contribution in [3.8, 4) is 22.8 Å². The van der Waals surface area contributed by atoms with E-state index in [9.17, 15) is 9.59 Å². The number of hydrogen-bond acceptors (Lipinski definition) is 6. The van der Waals surface area contributed by atoms with Gasteiger partial charge in [-0.25, -0.2) is 0 Å². The number of carbonyl (C=O) groups excluding carboxylic acids is 2. The van der Waals surface area contributed by atoms with Crippen LogP contribution < -0.4 is 9.47 Å². The summed E-state index contributed by atoms with van der Waals surface area (Å²) in [5.74, 6) is -1.41. The second-order valence-electron chi connectivity index (χ2n) is 6.47. The maximum atomic E-state index is 12.8. The number of rotatable bonds is 8. The first kappa shape index (κ1) is 21.2. The van der Waals surface area contributed by atoms with Crippen molar-refractivity contribution in [2.24, 2.45) is 0 Å². The summed E-state index contributed by atoms with van der Waals surface area (Å²) in [5.41, 5.74) is 2.64. The van der Waals surface area contributed by atoms with E-state index in [0.717, 1.165) is 16.5 Å². The molecule has 0 bridgehead atoms. The summed E-state index contributed by atoms with van der Waals surface area (Å²) in [6.07, 6.45) is 0. The van der Waals surface area contributed by atoms with E-state index < -0.39 is 17.9 Å². The van der Waals surface area contributed by atoms with Crippen LogP contribution >= 0.6 is 0 Å². The summed E-state index contributed by atoms with van der Waals surface area (Å²) in [6, 6.07) is 12.9. The van der Waals surface area contributed by atoms with Gasteiger partial charge in [0.15, 0.2) is 17.4 Å². The van der Waals surface area contributed by atoms with Crippen LogP contribution in [0.4, 0.5) is 0 Å². The molecule has 0 radical (unpaired) electrons.